The van der Waals surface area contributed by atoms with Crippen molar-refractivity contribution in [1.82, 2.24) is 4.90 Å². The average Bonchev–Trinajstić information content (AvgIpc) is 3.28. The molecule has 4 aromatic carbocycles. The Labute approximate surface area is 254 Å². The lowest BCUT2D eigenvalue weighted by molar-refractivity contribution is -0.146. The second kappa shape index (κ2) is 9.55. The number of hydrogen-bond donors (Lipinski definition) is 1. The Bertz CT molecular complexity index is 1660. The Morgan fingerprint density at radius 1 is 0.738 bits per heavy atom. The molecule has 0 saturated carbocycles. The minimum atomic E-state index is -1.31. The summed E-state index contributed by atoms with van der Waals surface area (Å²) in [4.78, 5) is 41.8. The Kier molecular flexibility index (Phi) is 6.12. The SMILES string of the molecule is Cc1cccc(NC(=O)[C@H](Cc2ccccc2)N2C(=O)[C@@H]3[C@@H](C2=O)C2(Cl)c4ccccc4C3(Cl)c3ccccc32)c1C. The van der Waals surface area contributed by atoms with Crippen molar-refractivity contribution in [2.45, 2.75) is 36.1 Å². The molecule has 0 spiro atoms. The lowest BCUT2D eigenvalue weighted by Crippen LogP contribution is -2.57. The molecule has 3 aliphatic carbocycles. The van der Waals surface area contributed by atoms with Gasteiger partial charge < -0.3 is 5.32 Å². The van der Waals surface area contributed by atoms with Crippen molar-refractivity contribution in [2.75, 3.05) is 5.32 Å². The number of anilines is 1. The molecule has 3 amide bonds. The van der Waals surface area contributed by atoms with Gasteiger partial charge in [0.25, 0.3) is 0 Å². The number of likely N-dealkylation sites (tertiary alicyclic amines) is 1. The number of nitrogens with zero attached hydrogens (tertiary/aromatic N) is 1. The Morgan fingerprint density at radius 2 is 1.21 bits per heavy atom. The van der Waals surface area contributed by atoms with Crippen LogP contribution in [-0.2, 0) is 30.6 Å². The maximum Gasteiger partial charge on any atom is 0.248 e. The summed E-state index contributed by atoms with van der Waals surface area (Å²) >= 11 is 15.2. The number of amides is 3. The van der Waals surface area contributed by atoms with Crippen LogP contribution in [-0.4, -0.2) is 28.7 Å². The van der Waals surface area contributed by atoms with E-state index in [2.05, 4.69) is 5.32 Å². The lowest BCUT2D eigenvalue weighted by Gasteiger charge is -2.54. The number of imide groups is 1. The molecule has 1 aliphatic heterocycles. The monoisotopic (exact) mass is 594 g/mol. The third-order valence-corrected chi connectivity index (χ3v) is 10.7. The molecule has 0 unspecified atom stereocenters. The maximum atomic E-state index is 14.6. The number of carbonyl (C=O) groups is 3. The zero-order chi connectivity index (χ0) is 29.4. The molecule has 42 heavy (non-hydrogen) atoms. The first-order valence-corrected chi connectivity index (χ1v) is 14.8. The Hall–Kier alpha value is -3.93. The molecule has 0 radical (unpaired) electrons. The van der Waals surface area contributed by atoms with Gasteiger partial charge in [-0.3, -0.25) is 19.3 Å². The molecule has 3 atom stereocenters. The van der Waals surface area contributed by atoms with Crippen molar-refractivity contribution in [3.63, 3.8) is 0 Å². The van der Waals surface area contributed by atoms with Gasteiger partial charge in [0, 0.05) is 12.1 Å². The van der Waals surface area contributed by atoms with Crippen LogP contribution in [0, 0.1) is 25.7 Å². The van der Waals surface area contributed by atoms with E-state index in [0.717, 1.165) is 43.8 Å². The van der Waals surface area contributed by atoms with E-state index in [1.807, 2.05) is 111 Å². The number of nitrogens with one attached hydrogen (secondary N) is 1. The minimum Gasteiger partial charge on any atom is -0.324 e. The zero-order valence-corrected chi connectivity index (χ0v) is 24.6. The van der Waals surface area contributed by atoms with Crippen LogP contribution in [0.1, 0.15) is 38.9 Å². The van der Waals surface area contributed by atoms with Crippen LogP contribution in [0.3, 0.4) is 0 Å². The van der Waals surface area contributed by atoms with Gasteiger partial charge in [-0.2, -0.15) is 0 Å². The fourth-order valence-electron chi connectivity index (χ4n) is 7.24. The molecule has 0 aromatic heterocycles. The van der Waals surface area contributed by atoms with E-state index in [0.29, 0.717) is 5.69 Å². The quantitative estimate of drug-likeness (QED) is 0.213. The molecule has 1 fully saturated rings. The highest BCUT2D eigenvalue weighted by atomic mass is 35.5. The normalized spacial score (nSPS) is 26.0. The van der Waals surface area contributed by atoms with Gasteiger partial charge in [-0.25, -0.2) is 0 Å². The number of rotatable bonds is 5. The molecule has 4 aromatic rings. The molecule has 2 bridgehead atoms. The van der Waals surface area contributed by atoms with Crippen molar-refractivity contribution < 1.29 is 14.4 Å². The molecule has 7 heteroatoms. The summed E-state index contributed by atoms with van der Waals surface area (Å²) in [5.41, 5.74) is 6.30. The summed E-state index contributed by atoms with van der Waals surface area (Å²) in [5, 5.41) is 3.01. The Balaban J connectivity index is 1.37. The summed E-state index contributed by atoms with van der Waals surface area (Å²) in [7, 11) is 0. The van der Waals surface area contributed by atoms with Crippen LogP contribution < -0.4 is 5.32 Å². The number of carbonyl (C=O) groups excluding carboxylic acids is 3. The highest BCUT2D eigenvalue weighted by molar-refractivity contribution is 6.36. The molecular weight excluding hydrogens is 567 g/mol. The van der Waals surface area contributed by atoms with E-state index in [4.69, 9.17) is 23.2 Å². The van der Waals surface area contributed by atoms with Crippen molar-refractivity contribution in [3.8, 4) is 0 Å². The van der Waals surface area contributed by atoms with Crippen LogP contribution in [0.2, 0.25) is 0 Å². The number of halogens is 2. The summed E-state index contributed by atoms with van der Waals surface area (Å²) in [6.45, 7) is 3.90. The molecule has 1 heterocycles. The van der Waals surface area contributed by atoms with E-state index < -0.39 is 45.3 Å². The fraction of sp³-hybridized carbons (Fsp3) is 0.229. The van der Waals surface area contributed by atoms with Gasteiger partial charge in [-0.1, -0.05) is 91.0 Å². The first-order chi connectivity index (χ1) is 20.2. The van der Waals surface area contributed by atoms with E-state index >= 15 is 0 Å². The first kappa shape index (κ1) is 26.9. The van der Waals surface area contributed by atoms with Gasteiger partial charge in [0.05, 0.1) is 11.8 Å². The average molecular weight is 596 g/mol. The second-order valence-electron chi connectivity index (χ2n) is 11.5. The molecular formula is C35H28Cl2N2O3. The summed E-state index contributed by atoms with van der Waals surface area (Å²) < 4.78 is 0. The van der Waals surface area contributed by atoms with Crippen molar-refractivity contribution in [3.05, 3.63) is 136 Å². The van der Waals surface area contributed by atoms with Crippen LogP contribution in [0.4, 0.5) is 5.69 Å². The smallest absolute Gasteiger partial charge is 0.248 e. The van der Waals surface area contributed by atoms with Gasteiger partial charge in [-0.15, -0.1) is 23.2 Å². The van der Waals surface area contributed by atoms with E-state index in [-0.39, 0.29) is 6.42 Å². The Morgan fingerprint density at radius 3 is 1.71 bits per heavy atom. The van der Waals surface area contributed by atoms with Crippen LogP contribution in [0.15, 0.2) is 97.1 Å². The summed E-state index contributed by atoms with van der Waals surface area (Å²) in [5.74, 6) is -3.35. The van der Waals surface area contributed by atoms with Gasteiger partial charge >= 0.3 is 0 Å². The largest absolute Gasteiger partial charge is 0.324 e. The van der Waals surface area contributed by atoms with Crippen LogP contribution in [0.5, 0.6) is 0 Å². The minimum absolute atomic E-state index is 0.152. The highest BCUT2D eigenvalue weighted by Gasteiger charge is 2.73. The third kappa shape index (κ3) is 3.53. The summed E-state index contributed by atoms with van der Waals surface area (Å²) in [6, 6.07) is 29.0. The number of hydrogen-bond acceptors (Lipinski definition) is 3. The maximum absolute atomic E-state index is 14.6. The number of benzene rings is 4. The molecule has 5 nitrogen and oxygen atoms in total. The summed E-state index contributed by atoms with van der Waals surface area (Å²) in [6.07, 6.45) is 0.152. The number of alkyl halides is 2. The predicted molar refractivity (Wildman–Crippen MR) is 163 cm³/mol. The van der Waals surface area contributed by atoms with Crippen LogP contribution in [0.25, 0.3) is 0 Å². The third-order valence-electron chi connectivity index (χ3n) is 9.37. The molecule has 8 rings (SSSR count). The van der Waals surface area contributed by atoms with E-state index in [1.54, 1.807) is 0 Å². The molecule has 1 N–H and O–H groups in total. The topological polar surface area (TPSA) is 66.5 Å². The van der Waals surface area contributed by atoms with Gasteiger partial charge in [0.1, 0.15) is 15.8 Å². The fourth-order valence-corrected chi connectivity index (χ4v) is 8.33. The molecule has 1 saturated heterocycles. The molecule has 4 aliphatic rings. The van der Waals surface area contributed by atoms with E-state index in [9.17, 15) is 14.4 Å². The highest BCUT2D eigenvalue weighted by Crippen LogP contribution is 2.69. The first-order valence-electron chi connectivity index (χ1n) is 14.0. The predicted octanol–water partition coefficient (Wildman–Crippen LogP) is 6.45. The van der Waals surface area contributed by atoms with Gasteiger partial charge in [0.2, 0.25) is 17.7 Å². The standard InChI is InChI=1S/C35H28Cl2N2O3/c1-20-11-10-18-27(21(20)2)38-31(40)28(19-22-12-4-3-5-13-22)39-32(41)29-30(33(39)42)35(37)24-15-7-6-14-23(24)34(29,36)25-16-8-9-17-26(25)35/h3-18,28-30H,19H2,1-2H3,(H,38,40)/t28-,29-,30-,34?,35?/m0/s1. The zero-order valence-electron chi connectivity index (χ0n) is 23.1. The lowest BCUT2D eigenvalue weighted by atomic mass is 9.54. The van der Waals surface area contributed by atoms with Crippen molar-refractivity contribution >= 4 is 46.6 Å². The number of aryl methyl sites for hydroxylation is 1. The van der Waals surface area contributed by atoms with Crippen molar-refractivity contribution in [2.24, 2.45) is 11.8 Å². The molecule has 210 valence electrons. The van der Waals surface area contributed by atoms with Gasteiger partial charge in [0.15, 0.2) is 0 Å². The van der Waals surface area contributed by atoms with Gasteiger partial charge in [-0.05, 0) is 58.9 Å². The van der Waals surface area contributed by atoms with Crippen molar-refractivity contribution in [1.29, 1.82) is 0 Å². The van der Waals surface area contributed by atoms with E-state index in [1.165, 1.54) is 0 Å². The second-order valence-corrected chi connectivity index (χ2v) is 12.7. The van der Waals surface area contributed by atoms with Crippen LogP contribution >= 0.6 is 23.2 Å².